The van der Waals surface area contributed by atoms with Crippen molar-refractivity contribution in [2.24, 2.45) is 7.05 Å². The predicted octanol–water partition coefficient (Wildman–Crippen LogP) is 1.78. The number of amides is 1. The molecule has 0 N–H and O–H groups in total. The first-order chi connectivity index (χ1) is 10.7. The summed E-state index contributed by atoms with van der Waals surface area (Å²) in [6.07, 6.45) is 5.51. The molecule has 118 valence electrons. The average Bonchev–Trinajstić information content (AvgIpc) is 3.16. The quantitative estimate of drug-likeness (QED) is 0.860. The Bertz CT molecular complexity index is 648. The van der Waals surface area contributed by atoms with E-state index < -0.39 is 0 Å². The van der Waals surface area contributed by atoms with E-state index in [2.05, 4.69) is 22.2 Å². The molecular formula is C15H21N5O2. The Morgan fingerprint density at radius 1 is 1.50 bits per heavy atom. The van der Waals surface area contributed by atoms with Crippen molar-refractivity contribution in [3.8, 4) is 0 Å². The third-order valence-electron chi connectivity index (χ3n) is 3.95. The highest BCUT2D eigenvalue weighted by Crippen LogP contribution is 2.26. The van der Waals surface area contributed by atoms with Crippen LogP contribution in [-0.2, 0) is 13.5 Å². The van der Waals surface area contributed by atoms with Gasteiger partial charge in [-0.1, -0.05) is 12.1 Å². The standard InChI is InChI=1S/C15H21N5O2/c1-3-5-13-16-14(22-18-13)11-6-4-8-20(10-11)15(21)12-7-9-19(2)17-12/h7,9,11H,3-6,8,10H2,1-2H3. The van der Waals surface area contributed by atoms with E-state index in [-0.39, 0.29) is 11.8 Å². The zero-order valence-electron chi connectivity index (χ0n) is 13.0. The largest absolute Gasteiger partial charge is 0.339 e. The number of carbonyl (C=O) groups is 1. The van der Waals surface area contributed by atoms with Crippen LogP contribution in [0, 0.1) is 0 Å². The number of piperidine rings is 1. The van der Waals surface area contributed by atoms with Gasteiger partial charge in [0, 0.05) is 32.8 Å². The van der Waals surface area contributed by atoms with Gasteiger partial charge in [0.25, 0.3) is 5.91 Å². The minimum Gasteiger partial charge on any atom is -0.339 e. The number of likely N-dealkylation sites (tertiary alicyclic amines) is 1. The molecule has 1 aliphatic heterocycles. The maximum atomic E-state index is 12.5. The number of aromatic nitrogens is 4. The van der Waals surface area contributed by atoms with Crippen LogP contribution in [0.25, 0.3) is 0 Å². The number of carbonyl (C=O) groups excluding carboxylic acids is 1. The summed E-state index contributed by atoms with van der Waals surface area (Å²) in [5, 5.41) is 8.19. The number of rotatable bonds is 4. The Morgan fingerprint density at radius 2 is 2.36 bits per heavy atom. The lowest BCUT2D eigenvalue weighted by Crippen LogP contribution is -2.39. The van der Waals surface area contributed by atoms with Crippen LogP contribution >= 0.6 is 0 Å². The van der Waals surface area contributed by atoms with Gasteiger partial charge in [-0.15, -0.1) is 0 Å². The smallest absolute Gasteiger partial charge is 0.274 e. The first kappa shape index (κ1) is 14.7. The second kappa shape index (κ2) is 6.29. The van der Waals surface area contributed by atoms with Crippen LogP contribution in [0.4, 0.5) is 0 Å². The van der Waals surface area contributed by atoms with Crippen molar-refractivity contribution in [3.63, 3.8) is 0 Å². The molecule has 1 aliphatic rings. The van der Waals surface area contributed by atoms with E-state index in [0.29, 0.717) is 18.1 Å². The van der Waals surface area contributed by atoms with Gasteiger partial charge in [0.1, 0.15) is 5.69 Å². The van der Waals surface area contributed by atoms with Crippen molar-refractivity contribution < 1.29 is 9.32 Å². The summed E-state index contributed by atoms with van der Waals surface area (Å²) in [5.74, 6) is 1.51. The Balaban J connectivity index is 1.69. The Kier molecular flexibility index (Phi) is 4.22. The second-order valence-corrected chi connectivity index (χ2v) is 5.76. The SMILES string of the molecule is CCCc1noc(C2CCCN(C(=O)c3ccn(C)n3)C2)n1. The lowest BCUT2D eigenvalue weighted by Gasteiger charge is -2.30. The molecule has 0 bridgehead atoms. The summed E-state index contributed by atoms with van der Waals surface area (Å²) >= 11 is 0. The molecule has 3 heterocycles. The van der Waals surface area contributed by atoms with Crippen LogP contribution in [0.5, 0.6) is 0 Å². The molecule has 22 heavy (non-hydrogen) atoms. The molecule has 7 nitrogen and oxygen atoms in total. The lowest BCUT2D eigenvalue weighted by molar-refractivity contribution is 0.0689. The molecule has 7 heteroatoms. The summed E-state index contributed by atoms with van der Waals surface area (Å²) in [5.41, 5.74) is 0.486. The number of aryl methyl sites for hydroxylation is 2. The van der Waals surface area contributed by atoms with Crippen molar-refractivity contribution in [2.45, 2.75) is 38.5 Å². The maximum absolute atomic E-state index is 12.5. The van der Waals surface area contributed by atoms with E-state index >= 15 is 0 Å². The van der Waals surface area contributed by atoms with Gasteiger partial charge in [-0.3, -0.25) is 9.48 Å². The fourth-order valence-corrected chi connectivity index (χ4v) is 2.81. The minimum atomic E-state index is -0.0291. The fraction of sp³-hybridized carbons (Fsp3) is 0.600. The van der Waals surface area contributed by atoms with Crippen molar-refractivity contribution >= 4 is 5.91 Å². The Hall–Kier alpha value is -2.18. The molecule has 0 radical (unpaired) electrons. The van der Waals surface area contributed by atoms with Crippen molar-refractivity contribution in [2.75, 3.05) is 13.1 Å². The molecule has 1 unspecified atom stereocenters. The topological polar surface area (TPSA) is 77.0 Å². The van der Waals surface area contributed by atoms with Crippen LogP contribution in [0.2, 0.25) is 0 Å². The van der Waals surface area contributed by atoms with Crippen LogP contribution in [0.3, 0.4) is 0 Å². The Morgan fingerprint density at radius 3 is 3.09 bits per heavy atom. The van der Waals surface area contributed by atoms with Gasteiger partial charge in [0.05, 0.1) is 5.92 Å². The number of hydrogen-bond acceptors (Lipinski definition) is 5. The highest BCUT2D eigenvalue weighted by atomic mass is 16.5. The van der Waals surface area contributed by atoms with Crippen LogP contribution in [0.15, 0.2) is 16.8 Å². The summed E-state index contributed by atoms with van der Waals surface area (Å²) < 4.78 is 7.02. The molecule has 1 fully saturated rings. The molecule has 1 atom stereocenters. The van der Waals surface area contributed by atoms with Crippen LogP contribution in [-0.4, -0.2) is 43.8 Å². The molecule has 0 aromatic carbocycles. The average molecular weight is 303 g/mol. The Labute approximate surface area is 129 Å². The normalized spacial score (nSPS) is 18.6. The molecule has 1 amide bonds. The van der Waals surface area contributed by atoms with Crippen molar-refractivity contribution in [1.82, 2.24) is 24.8 Å². The van der Waals surface area contributed by atoms with Gasteiger partial charge in [-0.05, 0) is 25.3 Å². The summed E-state index contributed by atoms with van der Waals surface area (Å²) in [6, 6.07) is 1.75. The van der Waals surface area contributed by atoms with Gasteiger partial charge in [0.2, 0.25) is 5.89 Å². The van der Waals surface area contributed by atoms with Gasteiger partial charge < -0.3 is 9.42 Å². The van der Waals surface area contributed by atoms with Gasteiger partial charge in [0.15, 0.2) is 5.82 Å². The van der Waals surface area contributed by atoms with E-state index in [9.17, 15) is 4.79 Å². The maximum Gasteiger partial charge on any atom is 0.274 e. The molecule has 0 spiro atoms. The lowest BCUT2D eigenvalue weighted by atomic mass is 9.97. The molecule has 2 aromatic rings. The summed E-state index contributed by atoms with van der Waals surface area (Å²) in [4.78, 5) is 18.8. The molecule has 2 aromatic heterocycles. The van der Waals surface area contributed by atoms with E-state index in [1.54, 1.807) is 16.9 Å². The monoisotopic (exact) mass is 303 g/mol. The highest BCUT2D eigenvalue weighted by Gasteiger charge is 2.29. The number of nitrogens with zero attached hydrogens (tertiary/aromatic N) is 5. The predicted molar refractivity (Wildman–Crippen MR) is 79.4 cm³/mol. The first-order valence-corrected chi connectivity index (χ1v) is 7.78. The molecule has 0 saturated carbocycles. The molecular weight excluding hydrogens is 282 g/mol. The fourth-order valence-electron chi connectivity index (χ4n) is 2.81. The first-order valence-electron chi connectivity index (χ1n) is 7.78. The molecule has 3 rings (SSSR count). The van der Waals surface area contributed by atoms with Gasteiger partial charge in [-0.25, -0.2) is 0 Å². The third kappa shape index (κ3) is 3.03. The molecule has 0 aliphatic carbocycles. The van der Waals surface area contributed by atoms with Gasteiger partial charge >= 0.3 is 0 Å². The second-order valence-electron chi connectivity index (χ2n) is 5.76. The van der Waals surface area contributed by atoms with Crippen molar-refractivity contribution in [3.05, 3.63) is 29.7 Å². The summed E-state index contributed by atoms with van der Waals surface area (Å²) in [6.45, 7) is 3.45. The highest BCUT2D eigenvalue weighted by molar-refractivity contribution is 5.92. The van der Waals surface area contributed by atoms with E-state index in [0.717, 1.165) is 38.1 Å². The van der Waals surface area contributed by atoms with Crippen LogP contribution in [0.1, 0.15) is 54.3 Å². The van der Waals surface area contributed by atoms with E-state index in [4.69, 9.17) is 4.52 Å². The summed E-state index contributed by atoms with van der Waals surface area (Å²) in [7, 11) is 1.81. The van der Waals surface area contributed by atoms with Gasteiger partial charge in [-0.2, -0.15) is 10.1 Å². The number of hydrogen-bond donors (Lipinski definition) is 0. The van der Waals surface area contributed by atoms with Crippen LogP contribution < -0.4 is 0 Å². The zero-order valence-corrected chi connectivity index (χ0v) is 13.0. The third-order valence-corrected chi connectivity index (χ3v) is 3.95. The zero-order chi connectivity index (χ0) is 15.5. The molecule has 1 saturated heterocycles. The van der Waals surface area contributed by atoms with Crippen molar-refractivity contribution in [1.29, 1.82) is 0 Å². The van der Waals surface area contributed by atoms with E-state index in [1.807, 2.05) is 11.9 Å². The van der Waals surface area contributed by atoms with E-state index in [1.165, 1.54) is 0 Å². The minimum absolute atomic E-state index is 0.0291.